The number of guanidine groups is 1. The lowest BCUT2D eigenvalue weighted by atomic mass is 10.0. The van der Waals surface area contributed by atoms with Gasteiger partial charge in [-0.1, -0.05) is 42.5 Å². The Morgan fingerprint density at radius 3 is 2.52 bits per heavy atom. The van der Waals surface area contributed by atoms with Gasteiger partial charge < -0.3 is 5.32 Å². The van der Waals surface area contributed by atoms with Crippen LogP contribution in [-0.4, -0.2) is 26.8 Å². The Kier molecular flexibility index (Phi) is 4.37. The van der Waals surface area contributed by atoms with E-state index in [-0.39, 0.29) is 22.2 Å². The molecule has 1 heterocycles. The predicted molar refractivity (Wildman–Crippen MR) is 103 cm³/mol. The number of hydrogen-bond donors (Lipinski definition) is 2. The molecule has 136 valence electrons. The maximum absolute atomic E-state index is 12.8. The summed E-state index contributed by atoms with van der Waals surface area (Å²) < 4.78 is 25.6. The van der Waals surface area contributed by atoms with Gasteiger partial charge in [0.2, 0.25) is 15.7 Å². The van der Waals surface area contributed by atoms with Gasteiger partial charge in [-0.05, 0) is 40.6 Å². The Morgan fingerprint density at radius 2 is 1.78 bits per heavy atom. The molecule has 1 aliphatic heterocycles. The molecule has 2 N–H and O–H groups in total. The van der Waals surface area contributed by atoms with E-state index in [1.54, 1.807) is 42.5 Å². The van der Waals surface area contributed by atoms with Crippen LogP contribution in [0, 0.1) is 0 Å². The van der Waals surface area contributed by atoms with E-state index in [4.69, 9.17) is 0 Å². The van der Waals surface area contributed by atoms with Crippen LogP contribution in [0.25, 0.3) is 10.8 Å². The van der Waals surface area contributed by atoms with Gasteiger partial charge in [0.15, 0.2) is 5.96 Å². The van der Waals surface area contributed by atoms with Crippen molar-refractivity contribution in [2.24, 2.45) is 4.99 Å². The highest BCUT2D eigenvalue weighted by molar-refractivity contribution is 7.91. The van der Waals surface area contributed by atoms with E-state index in [9.17, 15) is 13.2 Å². The molecule has 27 heavy (non-hydrogen) atoms. The molecule has 6 nitrogen and oxygen atoms in total. The highest BCUT2D eigenvalue weighted by atomic mass is 32.2. The Morgan fingerprint density at radius 1 is 0.963 bits per heavy atom. The summed E-state index contributed by atoms with van der Waals surface area (Å²) in [6.07, 6.45) is 0. The van der Waals surface area contributed by atoms with E-state index in [0.29, 0.717) is 12.5 Å². The van der Waals surface area contributed by atoms with Crippen molar-refractivity contribution in [3.8, 4) is 0 Å². The number of nitrogens with zero attached hydrogens (tertiary/aromatic N) is 1. The largest absolute Gasteiger partial charge is 0.352 e. The smallest absolute Gasteiger partial charge is 0.248 e. The van der Waals surface area contributed by atoms with Crippen LogP contribution in [0.4, 0.5) is 0 Å². The fourth-order valence-electron chi connectivity index (χ4n) is 3.03. The molecule has 0 atom stereocenters. The number of hydrogen-bond acceptors (Lipinski definition) is 5. The number of aliphatic imine (C=N–C) groups is 1. The van der Waals surface area contributed by atoms with E-state index < -0.39 is 9.84 Å². The molecule has 0 unspecified atom stereocenters. The summed E-state index contributed by atoms with van der Waals surface area (Å²) in [5.41, 5.74) is 0.986. The third kappa shape index (κ3) is 3.41. The lowest BCUT2D eigenvalue weighted by molar-refractivity contribution is -0.117. The first-order chi connectivity index (χ1) is 13.0. The fourth-order valence-corrected chi connectivity index (χ4v) is 4.34. The van der Waals surface area contributed by atoms with Gasteiger partial charge >= 0.3 is 0 Å². The lowest BCUT2D eigenvalue weighted by Gasteiger charge is -2.11. The van der Waals surface area contributed by atoms with E-state index in [2.05, 4.69) is 15.6 Å². The van der Waals surface area contributed by atoms with Gasteiger partial charge in [-0.25, -0.2) is 13.4 Å². The number of nitrogens with one attached hydrogen (secondary N) is 2. The summed E-state index contributed by atoms with van der Waals surface area (Å²) in [5.74, 6) is 0.325. The molecule has 7 heteroatoms. The molecular weight excluding hydrogens is 362 g/mol. The SMILES string of the molecule is O=C1CN=C(NCc2cccc3cc(S(=O)(=O)c4ccccc4)ccc23)N1. The molecule has 0 radical (unpaired) electrons. The van der Waals surface area contributed by atoms with Gasteiger partial charge in [-0.3, -0.25) is 10.1 Å². The van der Waals surface area contributed by atoms with Gasteiger partial charge in [0.05, 0.1) is 9.79 Å². The van der Waals surface area contributed by atoms with Crippen molar-refractivity contribution >= 4 is 32.5 Å². The molecule has 3 aromatic carbocycles. The standard InChI is InChI=1S/C20H17N3O3S/c24-19-13-22-20(23-19)21-12-15-6-4-5-14-11-17(9-10-18(14)15)27(25,26)16-7-2-1-3-8-16/h1-11H,12-13H2,(H2,21,22,23,24). The van der Waals surface area contributed by atoms with Crippen LogP contribution in [0.2, 0.25) is 0 Å². The molecule has 0 bridgehead atoms. The second-order valence-electron chi connectivity index (χ2n) is 6.18. The number of carbonyl (C=O) groups excluding carboxylic acids is 1. The summed E-state index contributed by atoms with van der Waals surface area (Å²) >= 11 is 0. The Bertz CT molecular complexity index is 1160. The summed E-state index contributed by atoms with van der Waals surface area (Å²) in [4.78, 5) is 15.8. The Balaban J connectivity index is 1.65. The zero-order valence-electron chi connectivity index (χ0n) is 14.3. The molecule has 0 fully saturated rings. The zero-order valence-corrected chi connectivity index (χ0v) is 15.2. The van der Waals surface area contributed by atoms with Crippen molar-refractivity contribution in [2.75, 3.05) is 6.54 Å². The summed E-state index contributed by atoms with van der Waals surface area (Å²) in [6, 6.07) is 19.3. The van der Waals surface area contributed by atoms with Crippen molar-refractivity contribution in [2.45, 2.75) is 16.3 Å². The minimum atomic E-state index is -3.56. The zero-order chi connectivity index (χ0) is 18.9. The summed E-state index contributed by atoms with van der Waals surface area (Å²) in [7, 11) is -3.56. The maximum Gasteiger partial charge on any atom is 0.248 e. The van der Waals surface area contributed by atoms with Crippen molar-refractivity contribution in [1.29, 1.82) is 0 Å². The molecule has 0 spiro atoms. The fraction of sp³-hybridized carbons (Fsp3) is 0.100. The first-order valence-electron chi connectivity index (χ1n) is 8.44. The van der Waals surface area contributed by atoms with Crippen molar-refractivity contribution in [1.82, 2.24) is 10.6 Å². The minimum absolute atomic E-state index is 0.133. The van der Waals surface area contributed by atoms with Gasteiger partial charge in [0, 0.05) is 6.54 Å². The molecule has 0 saturated heterocycles. The van der Waals surface area contributed by atoms with Crippen molar-refractivity contribution < 1.29 is 13.2 Å². The number of carbonyl (C=O) groups is 1. The molecule has 3 aromatic rings. The highest BCUT2D eigenvalue weighted by Gasteiger charge is 2.18. The number of fused-ring (bicyclic) bond motifs is 1. The molecule has 4 rings (SSSR count). The molecular formula is C20H17N3O3S. The van der Waals surface area contributed by atoms with E-state index in [1.807, 2.05) is 24.3 Å². The molecule has 0 aromatic heterocycles. The van der Waals surface area contributed by atoms with Crippen LogP contribution >= 0.6 is 0 Å². The third-order valence-electron chi connectivity index (χ3n) is 4.39. The first-order valence-corrected chi connectivity index (χ1v) is 9.92. The van der Waals surface area contributed by atoms with E-state index in [1.165, 1.54) is 0 Å². The summed E-state index contributed by atoms with van der Waals surface area (Å²) in [5, 5.41) is 7.51. The normalized spacial score (nSPS) is 14.1. The average molecular weight is 379 g/mol. The third-order valence-corrected chi connectivity index (χ3v) is 6.16. The van der Waals surface area contributed by atoms with Gasteiger partial charge in [-0.15, -0.1) is 0 Å². The van der Waals surface area contributed by atoms with Crippen LogP contribution in [0.15, 0.2) is 81.5 Å². The van der Waals surface area contributed by atoms with Crippen LogP contribution in [0.3, 0.4) is 0 Å². The molecule has 0 aliphatic carbocycles. The van der Waals surface area contributed by atoms with Crippen LogP contribution < -0.4 is 10.6 Å². The number of sulfone groups is 1. The van der Waals surface area contributed by atoms with Gasteiger partial charge in [-0.2, -0.15) is 0 Å². The van der Waals surface area contributed by atoms with Crippen LogP contribution in [-0.2, 0) is 21.2 Å². The summed E-state index contributed by atoms with van der Waals surface area (Å²) in [6.45, 7) is 0.611. The number of benzene rings is 3. The van der Waals surface area contributed by atoms with Crippen LogP contribution in [0.1, 0.15) is 5.56 Å². The van der Waals surface area contributed by atoms with Crippen molar-refractivity contribution in [3.63, 3.8) is 0 Å². The molecule has 1 aliphatic rings. The number of amides is 1. The minimum Gasteiger partial charge on any atom is -0.352 e. The topological polar surface area (TPSA) is 87.6 Å². The second-order valence-corrected chi connectivity index (χ2v) is 8.13. The van der Waals surface area contributed by atoms with Crippen molar-refractivity contribution in [3.05, 3.63) is 72.3 Å². The lowest BCUT2D eigenvalue weighted by Crippen LogP contribution is -2.35. The van der Waals surface area contributed by atoms with E-state index in [0.717, 1.165) is 16.3 Å². The number of rotatable bonds is 4. The highest BCUT2D eigenvalue weighted by Crippen LogP contribution is 2.26. The van der Waals surface area contributed by atoms with Gasteiger partial charge in [0.25, 0.3) is 0 Å². The maximum atomic E-state index is 12.8. The Hall–Kier alpha value is -3.19. The average Bonchev–Trinajstić information content (AvgIpc) is 3.11. The molecule has 1 amide bonds. The van der Waals surface area contributed by atoms with E-state index >= 15 is 0 Å². The Labute approximate surface area is 156 Å². The van der Waals surface area contributed by atoms with Gasteiger partial charge in [0.1, 0.15) is 6.54 Å². The predicted octanol–water partition coefficient (Wildman–Crippen LogP) is 2.25. The first kappa shape index (κ1) is 17.2. The monoisotopic (exact) mass is 379 g/mol. The molecule has 0 saturated carbocycles. The van der Waals surface area contributed by atoms with Crippen LogP contribution in [0.5, 0.6) is 0 Å². The quantitative estimate of drug-likeness (QED) is 0.728. The second kappa shape index (κ2) is 6.85.